The Labute approximate surface area is 87.5 Å². The lowest BCUT2D eigenvalue weighted by atomic mass is 10.1. The van der Waals surface area contributed by atoms with E-state index in [9.17, 15) is 4.79 Å². The van der Waals surface area contributed by atoms with Gasteiger partial charge in [-0.2, -0.15) is 0 Å². The molecule has 1 unspecified atom stereocenters. The summed E-state index contributed by atoms with van der Waals surface area (Å²) in [4.78, 5) is 14.5. The monoisotopic (exact) mass is 200 g/mol. The standard InChI is InChI=1S/C12H12N2O/c15-12-6-5-10(14-12)11-7-8-3-1-2-4-9(8)13-11/h1-4,7,10,13H,5-6H2,(H,14,15). The maximum absolute atomic E-state index is 11.1. The van der Waals surface area contributed by atoms with E-state index in [1.165, 1.54) is 5.39 Å². The molecule has 1 amide bonds. The predicted molar refractivity (Wildman–Crippen MR) is 58.4 cm³/mol. The van der Waals surface area contributed by atoms with Crippen LogP contribution in [0.3, 0.4) is 0 Å². The van der Waals surface area contributed by atoms with Gasteiger partial charge in [-0.05, 0) is 23.9 Å². The highest BCUT2D eigenvalue weighted by atomic mass is 16.1. The molecule has 1 aliphatic rings. The van der Waals surface area contributed by atoms with Crippen molar-refractivity contribution in [1.29, 1.82) is 0 Å². The zero-order valence-corrected chi connectivity index (χ0v) is 8.29. The Kier molecular flexibility index (Phi) is 1.78. The molecular formula is C12H12N2O. The molecule has 2 heterocycles. The fraction of sp³-hybridized carbons (Fsp3) is 0.250. The summed E-state index contributed by atoms with van der Waals surface area (Å²) in [5.41, 5.74) is 2.25. The van der Waals surface area contributed by atoms with E-state index < -0.39 is 0 Å². The average Bonchev–Trinajstić information content (AvgIpc) is 2.82. The molecule has 0 aliphatic carbocycles. The van der Waals surface area contributed by atoms with E-state index in [1.807, 2.05) is 12.1 Å². The van der Waals surface area contributed by atoms with E-state index in [-0.39, 0.29) is 11.9 Å². The summed E-state index contributed by atoms with van der Waals surface area (Å²) in [5, 5.41) is 4.16. The molecule has 2 N–H and O–H groups in total. The van der Waals surface area contributed by atoms with Crippen molar-refractivity contribution in [3.05, 3.63) is 36.0 Å². The molecule has 0 spiro atoms. The van der Waals surface area contributed by atoms with Gasteiger partial charge in [0.05, 0.1) is 6.04 Å². The van der Waals surface area contributed by atoms with Gasteiger partial charge in [0.25, 0.3) is 0 Å². The molecule has 0 radical (unpaired) electrons. The van der Waals surface area contributed by atoms with E-state index in [2.05, 4.69) is 28.5 Å². The molecule has 3 rings (SSSR count). The fourth-order valence-electron chi connectivity index (χ4n) is 2.13. The molecule has 76 valence electrons. The molecule has 2 aromatic rings. The Balaban J connectivity index is 2.01. The molecule has 1 aromatic carbocycles. The van der Waals surface area contributed by atoms with Gasteiger partial charge >= 0.3 is 0 Å². The minimum Gasteiger partial charge on any atom is -0.357 e. The lowest BCUT2D eigenvalue weighted by Gasteiger charge is -2.06. The molecule has 0 saturated carbocycles. The van der Waals surface area contributed by atoms with Gasteiger partial charge in [-0.3, -0.25) is 4.79 Å². The average molecular weight is 200 g/mol. The Bertz CT molecular complexity index is 482. The number of fused-ring (bicyclic) bond motifs is 1. The van der Waals surface area contributed by atoms with Gasteiger partial charge in [0.2, 0.25) is 5.91 Å². The van der Waals surface area contributed by atoms with Crippen molar-refractivity contribution >= 4 is 16.8 Å². The van der Waals surface area contributed by atoms with Crippen molar-refractivity contribution < 1.29 is 4.79 Å². The van der Waals surface area contributed by atoms with Crippen LogP contribution in [-0.4, -0.2) is 10.9 Å². The van der Waals surface area contributed by atoms with Crippen molar-refractivity contribution in [2.75, 3.05) is 0 Å². The SMILES string of the molecule is O=C1CCC(c2cc3ccccc3[nH]2)N1. The van der Waals surface area contributed by atoms with E-state index >= 15 is 0 Å². The van der Waals surface area contributed by atoms with Crippen LogP contribution >= 0.6 is 0 Å². The summed E-state index contributed by atoms with van der Waals surface area (Å²) in [6.45, 7) is 0. The fourth-order valence-corrected chi connectivity index (χ4v) is 2.13. The van der Waals surface area contributed by atoms with E-state index in [1.54, 1.807) is 0 Å². The molecule has 1 saturated heterocycles. The second-order valence-corrected chi connectivity index (χ2v) is 3.97. The van der Waals surface area contributed by atoms with Gasteiger partial charge in [0.1, 0.15) is 0 Å². The number of amides is 1. The maximum Gasteiger partial charge on any atom is 0.220 e. The molecule has 3 heteroatoms. The third kappa shape index (κ3) is 1.40. The van der Waals surface area contributed by atoms with Crippen molar-refractivity contribution in [2.24, 2.45) is 0 Å². The first kappa shape index (κ1) is 8.53. The number of rotatable bonds is 1. The highest BCUT2D eigenvalue weighted by Crippen LogP contribution is 2.26. The second-order valence-electron chi connectivity index (χ2n) is 3.97. The molecular weight excluding hydrogens is 188 g/mol. The van der Waals surface area contributed by atoms with Gasteiger partial charge in [0.15, 0.2) is 0 Å². The largest absolute Gasteiger partial charge is 0.357 e. The molecule has 1 aromatic heterocycles. The lowest BCUT2D eigenvalue weighted by molar-refractivity contribution is -0.119. The van der Waals surface area contributed by atoms with Crippen LogP contribution in [0, 0.1) is 0 Å². The van der Waals surface area contributed by atoms with E-state index in [0.717, 1.165) is 17.6 Å². The van der Waals surface area contributed by atoms with Crippen molar-refractivity contribution in [3.63, 3.8) is 0 Å². The van der Waals surface area contributed by atoms with Crippen LogP contribution in [0.15, 0.2) is 30.3 Å². The van der Waals surface area contributed by atoms with Gasteiger partial charge < -0.3 is 10.3 Å². The highest BCUT2D eigenvalue weighted by molar-refractivity contribution is 5.82. The number of hydrogen-bond donors (Lipinski definition) is 2. The molecule has 1 fully saturated rings. The number of para-hydroxylation sites is 1. The minimum absolute atomic E-state index is 0.152. The molecule has 1 atom stereocenters. The number of hydrogen-bond acceptors (Lipinski definition) is 1. The van der Waals surface area contributed by atoms with Gasteiger partial charge in [-0.15, -0.1) is 0 Å². The van der Waals surface area contributed by atoms with Crippen molar-refractivity contribution in [2.45, 2.75) is 18.9 Å². The zero-order valence-electron chi connectivity index (χ0n) is 8.29. The van der Waals surface area contributed by atoms with Gasteiger partial charge in [-0.25, -0.2) is 0 Å². The number of benzene rings is 1. The lowest BCUT2D eigenvalue weighted by Crippen LogP contribution is -2.18. The molecule has 15 heavy (non-hydrogen) atoms. The van der Waals surface area contributed by atoms with Crippen LogP contribution in [-0.2, 0) is 4.79 Å². The number of nitrogens with one attached hydrogen (secondary N) is 2. The Hall–Kier alpha value is -1.77. The molecule has 3 nitrogen and oxygen atoms in total. The zero-order chi connectivity index (χ0) is 10.3. The quantitative estimate of drug-likeness (QED) is 0.727. The Morgan fingerprint density at radius 2 is 2.13 bits per heavy atom. The third-order valence-electron chi connectivity index (χ3n) is 2.92. The summed E-state index contributed by atoms with van der Waals surface area (Å²) in [7, 11) is 0. The summed E-state index contributed by atoms with van der Waals surface area (Å²) in [6, 6.07) is 10.4. The van der Waals surface area contributed by atoms with E-state index in [0.29, 0.717) is 6.42 Å². The second kappa shape index (κ2) is 3.12. The van der Waals surface area contributed by atoms with Crippen LogP contribution < -0.4 is 5.32 Å². The van der Waals surface area contributed by atoms with Crippen LogP contribution in [0.1, 0.15) is 24.6 Å². The number of carbonyl (C=O) groups is 1. The summed E-state index contributed by atoms with van der Waals surface area (Å²) in [6.07, 6.45) is 1.53. The highest BCUT2D eigenvalue weighted by Gasteiger charge is 2.23. The van der Waals surface area contributed by atoms with Crippen LogP contribution in [0.5, 0.6) is 0 Å². The number of H-pyrrole nitrogens is 1. The van der Waals surface area contributed by atoms with Crippen molar-refractivity contribution in [3.8, 4) is 0 Å². The maximum atomic E-state index is 11.1. The molecule has 1 aliphatic heterocycles. The first-order chi connectivity index (χ1) is 7.33. The summed E-state index contributed by atoms with van der Waals surface area (Å²) >= 11 is 0. The first-order valence-electron chi connectivity index (χ1n) is 5.20. The van der Waals surface area contributed by atoms with Crippen LogP contribution in [0.4, 0.5) is 0 Å². The minimum atomic E-state index is 0.152. The summed E-state index contributed by atoms with van der Waals surface area (Å²) in [5.74, 6) is 0.152. The Morgan fingerprint density at radius 1 is 1.27 bits per heavy atom. The summed E-state index contributed by atoms with van der Waals surface area (Å²) < 4.78 is 0. The van der Waals surface area contributed by atoms with Gasteiger partial charge in [0, 0.05) is 17.6 Å². The first-order valence-corrected chi connectivity index (χ1v) is 5.20. The third-order valence-corrected chi connectivity index (χ3v) is 2.92. The number of carbonyl (C=O) groups excluding carboxylic acids is 1. The normalized spacial score (nSPS) is 20.8. The van der Waals surface area contributed by atoms with E-state index in [4.69, 9.17) is 0 Å². The topological polar surface area (TPSA) is 44.9 Å². The smallest absolute Gasteiger partial charge is 0.220 e. The predicted octanol–water partition coefficient (Wildman–Crippen LogP) is 2.12. The molecule has 0 bridgehead atoms. The number of aromatic nitrogens is 1. The van der Waals surface area contributed by atoms with Gasteiger partial charge in [-0.1, -0.05) is 18.2 Å². The number of aromatic amines is 1. The Morgan fingerprint density at radius 3 is 2.87 bits per heavy atom. The van der Waals surface area contributed by atoms with Crippen LogP contribution in [0.2, 0.25) is 0 Å². The van der Waals surface area contributed by atoms with Crippen LogP contribution in [0.25, 0.3) is 10.9 Å². The van der Waals surface area contributed by atoms with Crippen molar-refractivity contribution in [1.82, 2.24) is 10.3 Å².